The van der Waals surface area contributed by atoms with Crippen molar-refractivity contribution in [2.45, 2.75) is 13.3 Å². The van der Waals surface area contributed by atoms with Crippen LogP contribution in [0.25, 0.3) is 0 Å². The third-order valence-electron chi connectivity index (χ3n) is 1.84. The van der Waals surface area contributed by atoms with Crippen molar-refractivity contribution in [3.8, 4) is 0 Å². The maximum absolute atomic E-state index is 12.2. The highest BCUT2D eigenvalue weighted by Crippen LogP contribution is 2.46. The lowest BCUT2D eigenvalue weighted by Gasteiger charge is -2.13. The van der Waals surface area contributed by atoms with Gasteiger partial charge >= 0.3 is 0 Å². The number of hydrogen-bond acceptors (Lipinski definition) is 2. The van der Waals surface area contributed by atoms with E-state index in [0.29, 0.717) is 11.9 Å². The minimum absolute atomic E-state index is 0.498. The van der Waals surface area contributed by atoms with E-state index in [1.165, 1.54) is 5.82 Å². The van der Waals surface area contributed by atoms with Gasteiger partial charge in [-0.2, -0.15) is 0 Å². The van der Waals surface area contributed by atoms with Crippen LogP contribution >= 0.6 is 7.37 Å². The van der Waals surface area contributed by atoms with E-state index in [0.717, 1.165) is 6.42 Å². The van der Waals surface area contributed by atoms with Crippen LogP contribution < -0.4 is 5.30 Å². The summed E-state index contributed by atoms with van der Waals surface area (Å²) in [6, 6.07) is 9.19. The van der Waals surface area contributed by atoms with E-state index in [2.05, 4.69) is 6.58 Å². The lowest BCUT2D eigenvalue weighted by Crippen LogP contribution is -2.05. The standard InChI is InChI=1S/C11H15O2P/c1-3-10-13-14(12,4-2)11-8-6-5-7-9-11/h4-9H,2-3,10H2,1H3. The van der Waals surface area contributed by atoms with Crippen LogP contribution in [-0.2, 0) is 9.09 Å². The molecule has 2 nitrogen and oxygen atoms in total. The molecule has 1 atom stereocenters. The van der Waals surface area contributed by atoms with Gasteiger partial charge in [0.05, 0.1) is 6.61 Å². The molecule has 0 fully saturated rings. The molecule has 76 valence electrons. The molecule has 0 spiro atoms. The normalized spacial score (nSPS) is 14.6. The summed E-state index contributed by atoms with van der Waals surface area (Å²) in [5.74, 6) is 1.41. The Kier molecular flexibility index (Phi) is 4.12. The van der Waals surface area contributed by atoms with Crippen LogP contribution in [0.3, 0.4) is 0 Å². The Morgan fingerprint density at radius 1 is 1.43 bits per heavy atom. The van der Waals surface area contributed by atoms with Gasteiger partial charge in [-0.05, 0) is 24.4 Å². The molecule has 3 heteroatoms. The predicted molar refractivity (Wildman–Crippen MR) is 60.1 cm³/mol. The summed E-state index contributed by atoms with van der Waals surface area (Å²) < 4.78 is 17.6. The van der Waals surface area contributed by atoms with Gasteiger partial charge in [-0.15, -0.1) is 0 Å². The van der Waals surface area contributed by atoms with Crippen LogP contribution in [0.15, 0.2) is 42.7 Å². The highest BCUT2D eigenvalue weighted by atomic mass is 31.2. The molecule has 0 aliphatic rings. The maximum Gasteiger partial charge on any atom is 0.253 e. The lowest BCUT2D eigenvalue weighted by atomic mass is 10.4. The van der Waals surface area contributed by atoms with Crippen LogP contribution in [0.5, 0.6) is 0 Å². The van der Waals surface area contributed by atoms with Gasteiger partial charge in [-0.3, -0.25) is 4.57 Å². The molecule has 0 saturated carbocycles. The van der Waals surface area contributed by atoms with Crippen molar-refractivity contribution in [2.24, 2.45) is 0 Å². The summed E-state index contributed by atoms with van der Waals surface area (Å²) in [4.78, 5) is 0. The average Bonchev–Trinajstić information content (AvgIpc) is 2.27. The summed E-state index contributed by atoms with van der Waals surface area (Å²) in [5.41, 5.74) is 0. The average molecular weight is 210 g/mol. The van der Waals surface area contributed by atoms with E-state index in [1.54, 1.807) is 12.1 Å². The van der Waals surface area contributed by atoms with Crippen molar-refractivity contribution in [2.75, 3.05) is 6.61 Å². The van der Waals surface area contributed by atoms with Crippen LogP contribution in [-0.4, -0.2) is 6.61 Å². The molecule has 0 aliphatic heterocycles. The van der Waals surface area contributed by atoms with E-state index in [1.807, 2.05) is 25.1 Å². The highest BCUT2D eigenvalue weighted by molar-refractivity contribution is 7.69. The van der Waals surface area contributed by atoms with Gasteiger partial charge in [-0.25, -0.2) is 0 Å². The Labute approximate surface area is 85.1 Å². The Balaban J connectivity index is 2.91. The van der Waals surface area contributed by atoms with Gasteiger partial charge < -0.3 is 4.52 Å². The number of rotatable bonds is 5. The first kappa shape index (κ1) is 11.2. The molecule has 1 aromatic rings. The van der Waals surface area contributed by atoms with Crippen molar-refractivity contribution in [1.29, 1.82) is 0 Å². The summed E-state index contributed by atoms with van der Waals surface area (Å²) in [6.45, 7) is 6.06. The summed E-state index contributed by atoms with van der Waals surface area (Å²) >= 11 is 0. The van der Waals surface area contributed by atoms with Gasteiger partial charge in [0.2, 0.25) is 0 Å². The third kappa shape index (κ3) is 2.57. The summed E-state index contributed by atoms with van der Waals surface area (Å²) in [7, 11) is -2.81. The van der Waals surface area contributed by atoms with Crippen LogP contribution in [0, 0.1) is 0 Å². The molecular formula is C11H15O2P. The zero-order valence-electron chi connectivity index (χ0n) is 8.35. The molecule has 1 unspecified atom stereocenters. The second kappa shape index (κ2) is 5.14. The van der Waals surface area contributed by atoms with Crippen molar-refractivity contribution >= 4 is 12.7 Å². The first-order valence-corrected chi connectivity index (χ1v) is 6.36. The van der Waals surface area contributed by atoms with Gasteiger partial charge in [0.15, 0.2) is 0 Å². The monoisotopic (exact) mass is 210 g/mol. The minimum atomic E-state index is -2.81. The molecule has 0 aliphatic carbocycles. The van der Waals surface area contributed by atoms with Crippen LogP contribution in [0.4, 0.5) is 0 Å². The molecule has 0 heterocycles. The molecule has 0 aromatic heterocycles. The maximum atomic E-state index is 12.2. The SMILES string of the molecule is C=CP(=O)(OCCC)c1ccccc1. The molecule has 0 saturated heterocycles. The fourth-order valence-electron chi connectivity index (χ4n) is 1.10. The van der Waals surface area contributed by atoms with Crippen molar-refractivity contribution in [3.63, 3.8) is 0 Å². The smallest absolute Gasteiger partial charge is 0.253 e. The molecular weight excluding hydrogens is 195 g/mol. The molecule has 0 N–H and O–H groups in total. The second-order valence-electron chi connectivity index (χ2n) is 2.95. The Morgan fingerprint density at radius 2 is 2.07 bits per heavy atom. The van der Waals surface area contributed by atoms with Crippen molar-refractivity contribution in [1.82, 2.24) is 0 Å². The second-order valence-corrected chi connectivity index (χ2v) is 5.28. The van der Waals surface area contributed by atoms with Gasteiger partial charge in [0.1, 0.15) is 0 Å². The Morgan fingerprint density at radius 3 is 2.57 bits per heavy atom. The molecule has 1 rings (SSSR count). The predicted octanol–water partition coefficient (Wildman–Crippen LogP) is 3.16. The quantitative estimate of drug-likeness (QED) is 0.698. The van der Waals surface area contributed by atoms with Gasteiger partial charge in [0.25, 0.3) is 7.37 Å². The van der Waals surface area contributed by atoms with Crippen molar-refractivity contribution < 1.29 is 9.09 Å². The fourth-order valence-corrected chi connectivity index (χ4v) is 2.60. The highest BCUT2D eigenvalue weighted by Gasteiger charge is 2.20. The molecule has 0 bridgehead atoms. The number of benzene rings is 1. The van der Waals surface area contributed by atoms with Crippen LogP contribution in [0.2, 0.25) is 0 Å². The first-order valence-electron chi connectivity index (χ1n) is 4.66. The molecule has 0 amide bonds. The Hall–Kier alpha value is -0.850. The molecule has 0 radical (unpaired) electrons. The molecule has 1 aromatic carbocycles. The first-order chi connectivity index (χ1) is 6.73. The van der Waals surface area contributed by atoms with Gasteiger partial charge in [0, 0.05) is 5.30 Å². The zero-order valence-corrected chi connectivity index (χ0v) is 9.24. The molecule has 14 heavy (non-hydrogen) atoms. The van der Waals surface area contributed by atoms with E-state index in [-0.39, 0.29) is 0 Å². The third-order valence-corrected chi connectivity index (χ3v) is 3.91. The number of hydrogen-bond donors (Lipinski definition) is 0. The minimum Gasteiger partial charge on any atom is -0.322 e. The van der Waals surface area contributed by atoms with E-state index in [4.69, 9.17) is 4.52 Å². The zero-order chi connectivity index (χ0) is 10.4. The summed E-state index contributed by atoms with van der Waals surface area (Å²) in [5, 5.41) is 0.712. The van der Waals surface area contributed by atoms with E-state index < -0.39 is 7.37 Å². The van der Waals surface area contributed by atoms with E-state index in [9.17, 15) is 4.57 Å². The van der Waals surface area contributed by atoms with Gasteiger partial charge in [-0.1, -0.05) is 31.7 Å². The van der Waals surface area contributed by atoms with E-state index >= 15 is 0 Å². The largest absolute Gasteiger partial charge is 0.322 e. The van der Waals surface area contributed by atoms with Crippen LogP contribution in [0.1, 0.15) is 13.3 Å². The van der Waals surface area contributed by atoms with Crippen molar-refractivity contribution in [3.05, 3.63) is 42.7 Å². The Bertz CT molecular complexity index is 332. The lowest BCUT2D eigenvalue weighted by molar-refractivity contribution is 0.326. The topological polar surface area (TPSA) is 26.3 Å². The summed E-state index contributed by atoms with van der Waals surface area (Å²) in [6.07, 6.45) is 0.852. The fraction of sp³-hybridized carbons (Fsp3) is 0.273.